The summed E-state index contributed by atoms with van der Waals surface area (Å²) in [4.78, 5) is 29.1. The van der Waals surface area contributed by atoms with Gasteiger partial charge in [0.15, 0.2) is 11.6 Å². The van der Waals surface area contributed by atoms with Gasteiger partial charge in [0.1, 0.15) is 0 Å². The van der Waals surface area contributed by atoms with Crippen molar-refractivity contribution in [2.24, 2.45) is 0 Å². The minimum Gasteiger partial charge on any atom is -0.397 e. The number of hydrogen-bond acceptors (Lipinski definition) is 4. The van der Waals surface area contributed by atoms with E-state index in [0.717, 1.165) is 30.7 Å². The van der Waals surface area contributed by atoms with E-state index < -0.39 is 17.7 Å². The summed E-state index contributed by atoms with van der Waals surface area (Å²) in [5.41, 5.74) is 8.31. The fraction of sp³-hybridized carbons (Fsp3) is 0.231. The lowest BCUT2D eigenvalue weighted by atomic mass is 10.1. The van der Waals surface area contributed by atoms with E-state index in [2.05, 4.69) is 10.6 Å². The minimum absolute atomic E-state index is 0.165. The molecule has 0 aliphatic rings. The summed E-state index contributed by atoms with van der Waals surface area (Å²) in [6, 6.07) is 16.7. The SMILES string of the molecule is CN(C)CCCN(Cc1ccc(C(=O)Nc2ccccc2N)cc1)C(=O)Nc1ccc(F)c(F)c1. The lowest BCUT2D eigenvalue weighted by molar-refractivity contribution is 0.102. The van der Waals surface area contributed by atoms with Crippen LogP contribution in [0.1, 0.15) is 22.3 Å². The Hall–Kier alpha value is -3.98. The van der Waals surface area contributed by atoms with Gasteiger partial charge in [-0.05, 0) is 69.0 Å². The third kappa shape index (κ3) is 7.51. The van der Waals surface area contributed by atoms with Crippen molar-refractivity contribution >= 4 is 29.0 Å². The van der Waals surface area contributed by atoms with Crippen LogP contribution in [0.5, 0.6) is 0 Å². The van der Waals surface area contributed by atoms with Crippen LogP contribution in [0.15, 0.2) is 66.7 Å². The minimum atomic E-state index is -1.03. The van der Waals surface area contributed by atoms with E-state index in [4.69, 9.17) is 5.73 Å². The highest BCUT2D eigenvalue weighted by molar-refractivity contribution is 6.05. The number of nitrogens with two attached hydrogens (primary N) is 1. The standard InChI is InChI=1S/C26H29F2N5O2/c1-32(2)14-5-15-33(26(35)30-20-12-13-21(27)22(28)16-20)17-18-8-10-19(11-9-18)25(34)31-24-7-4-3-6-23(24)29/h3-4,6-13,16H,5,14-15,17,29H2,1-2H3,(H,30,35)(H,31,34). The summed E-state index contributed by atoms with van der Waals surface area (Å²) < 4.78 is 26.8. The van der Waals surface area contributed by atoms with E-state index in [1.54, 1.807) is 53.4 Å². The topological polar surface area (TPSA) is 90.7 Å². The molecule has 0 bridgehead atoms. The quantitative estimate of drug-likeness (QED) is 0.384. The molecule has 0 spiro atoms. The lowest BCUT2D eigenvalue weighted by Crippen LogP contribution is -2.36. The van der Waals surface area contributed by atoms with Crippen LogP contribution in [0.2, 0.25) is 0 Å². The van der Waals surface area contributed by atoms with Crippen molar-refractivity contribution in [2.45, 2.75) is 13.0 Å². The Morgan fingerprint density at radius 3 is 2.26 bits per heavy atom. The van der Waals surface area contributed by atoms with E-state index in [1.807, 2.05) is 19.0 Å². The first kappa shape index (κ1) is 25.6. The molecule has 0 radical (unpaired) electrons. The van der Waals surface area contributed by atoms with Gasteiger partial charge in [0.2, 0.25) is 0 Å². The first-order valence-electron chi connectivity index (χ1n) is 11.1. The van der Waals surface area contributed by atoms with Gasteiger partial charge in [-0.2, -0.15) is 0 Å². The smallest absolute Gasteiger partial charge is 0.322 e. The number of carbonyl (C=O) groups excluding carboxylic acids is 2. The highest BCUT2D eigenvalue weighted by Gasteiger charge is 2.16. The lowest BCUT2D eigenvalue weighted by Gasteiger charge is -2.24. The van der Waals surface area contributed by atoms with E-state index in [0.29, 0.717) is 23.5 Å². The molecule has 184 valence electrons. The number of halogens is 2. The van der Waals surface area contributed by atoms with Gasteiger partial charge >= 0.3 is 6.03 Å². The van der Waals surface area contributed by atoms with Crippen molar-refractivity contribution in [3.8, 4) is 0 Å². The molecule has 0 heterocycles. The molecule has 3 amide bonds. The maximum Gasteiger partial charge on any atom is 0.322 e. The van der Waals surface area contributed by atoms with Crippen LogP contribution in [-0.4, -0.2) is 48.9 Å². The predicted molar refractivity (Wildman–Crippen MR) is 134 cm³/mol. The van der Waals surface area contributed by atoms with Crippen molar-refractivity contribution in [3.05, 3.63) is 89.5 Å². The Balaban J connectivity index is 1.68. The van der Waals surface area contributed by atoms with Gasteiger partial charge in [-0.25, -0.2) is 13.6 Å². The Morgan fingerprint density at radius 2 is 1.60 bits per heavy atom. The van der Waals surface area contributed by atoms with Gasteiger partial charge in [-0.15, -0.1) is 0 Å². The Bertz CT molecular complexity index is 1170. The van der Waals surface area contributed by atoms with Crippen LogP contribution in [0, 0.1) is 11.6 Å². The average molecular weight is 482 g/mol. The van der Waals surface area contributed by atoms with Crippen LogP contribution in [-0.2, 0) is 6.54 Å². The number of rotatable bonds is 9. The highest BCUT2D eigenvalue weighted by atomic mass is 19.2. The molecule has 9 heteroatoms. The van der Waals surface area contributed by atoms with Crippen LogP contribution in [0.4, 0.5) is 30.6 Å². The summed E-state index contributed by atoms with van der Waals surface area (Å²) in [7, 11) is 3.89. The van der Waals surface area contributed by atoms with Crippen molar-refractivity contribution in [1.29, 1.82) is 0 Å². The molecule has 0 aromatic heterocycles. The zero-order chi connectivity index (χ0) is 25.4. The fourth-order valence-corrected chi connectivity index (χ4v) is 3.39. The van der Waals surface area contributed by atoms with Gasteiger partial charge in [0, 0.05) is 30.4 Å². The van der Waals surface area contributed by atoms with Crippen LogP contribution < -0.4 is 16.4 Å². The highest BCUT2D eigenvalue weighted by Crippen LogP contribution is 2.19. The molecule has 0 saturated heterocycles. The van der Waals surface area contributed by atoms with E-state index in [-0.39, 0.29) is 18.1 Å². The Labute approximate surface area is 203 Å². The Kier molecular flexibility index (Phi) is 8.74. The molecule has 4 N–H and O–H groups in total. The third-order valence-corrected chi connectivity index (χ3v) is 5.29. The monoisotopic (exact) mass is 481 g/mol. The van der Waals surface area contributed by atoms with Gasteiger partial charge in [0.25, 0.3) is 5.91 Å². The molecule has 0 unspecified atom stereocenters. The maximum absolute atomic E-state index is 13.5. The summed E-state index contributed by atoms with van der Waals surface area (Å²) in [6.45, 7) is 1.50. The van der Waals surface area contributed by atoms with Gasteiger partial charge in [-0.3, -0.25) is 4.79 Å². The molecular formula is C26H29F2N5O2. The predicted octanol–water partition coefficient (Wildman–Crippen LogP) is 4.79. The van der Waals surface area contributed by atoms with Gasteiger partial charge in [0.05, 0.1) is 11.4 Å². The molecule has 0 atom stereocenters. The molecule has 35 heavy (non-hydrogen) atoms. The molecule has 3 aromatic carbocycles. The van der Waals surface area contributed by atoms with E-state index in [9.17, 15) is 18.4 Å². The van der Waals surface area contributed by atoms with Crippen LogP contribution in [0.3, 0.4) is 0 Å². The second-order valence-electron chi connectivity index (χ2n) is 8.38. The number of nitrogen functional groups attached to an aromatic ring is 1. The molecule has 0 fully saturated rings. The second kappa shape index (κ2) is 11.9. The second-order valence-corrected chi connectivity index (χ2v) is 8.38. The van der Waals surface area contributed by atoms with E-state index >= 15 is 0 Å². The number of para-hydroxylation sites is 2. The number of carbonyl (C=O) groups is 2. The molecular weight excluding hydrogens is 452 g/mol. The van der Waals surface area contributed by atoms with Gasteiger partial charge < -0.3 is 26.2 Å². The molecule has 0 aliphatic heterocycles. The summed E-state index contributed by atoms with van der Waals surface area (Å²) in [6.07, 6.45) is 0.719. The number of nitrogens with zero attached hydrogens (tertiary/aromatic N) is 2. The summed E-state index contributed by atoms with van der Waals surface area (Å²) in [5.74, 6) is -2.31. The molecule has 3 aromatic rings. The first-order valence-corrected chi connectivity index (χ1v) is 11.1. The summed E-state index contributed by atoms with van der Waals surface area (Å²) in [5, 5.41) is 5.40. The number of anilines is 3. The third-order valence-electron chi connectivity index (χ3n) is 5.29. The maximum atomic E-state index is 13.5. The Morgan fingerprint density at radius 1 is 0.886 bits per heavy atom. The van der Waals surface area contributed by atoms with Crippen LogP contribution >= 0.6 is 0 Å². The van der Waals surface area contributed by atoms with Crippen molar-refractivity contribution in [2.75, 3.05) is 43.6 Å². The van der Waals surface area contributed by atoms with Crippen molar-refractivity contribution in [1.82, 2.24) is 9.80 Å². The number of benzene rings is 3. The fourth-order valence-electron chi connectivity index (χ4n) is 3.39. The largest absolute Gasteiger partial charge is 0.397 e. The number of urea groups is 1. The molecule has 3 rings (SSSR count). The molecule has 7 nitrogen and oxygen atoms in total. The molecule has 0 aliphatic carbocycles. The zero-order valence-corrected chi connectivity index (χ0v) is 19.7. The normalized spacial score (nSPS) is 10.8. The number of nitrogens with one attached hydrogen (secondary N) is 2. The van der Waals surface area contributed by atoms with Gasteiger partial charge in [-0.1, -0.05) is 24.3 Å². The average Bonchev–Trinajstić information content (AvgIpc) is 2.82. The number of hydrogen-bond donors (Lipinski definition) is 3. The van der Waals surface area contributed by atoms with Crippen LogP contribution in [0.25, 0.3) is 0 Å². The van der Waals surface area contributed by atoms with Crippen molar-refractivity contribution in [3.63, 3.8) is 0 Å². The van der Waals surface area contributed by atoms with Crippen molar-refractivity contribution < 1.29 is 18.4 Å². The zero-order valence-electron chi connectivity index (χ0n) is 19.7. The summed E-state index contributed by atoms with van der Waals surface area (Å²) >= 11 is 0. The molecule has 0 saturated carbocycles. The van der Waals surface area contributed by atoms with E-state index in [1.165, 1.54) is 6.07 Å². The first-order chi connectivity index (χ1) is 16.7. The number of amides is 3.